The standard InChI is InChI=1S/C30H36F3N7O3/c1-5-26(41)40-15-14-39(17-21(40)16-34-2)28-22-11-13-38(24-9-6-10-25(42-4)27(24)30(31,32)33)18-23(22)35-29(36-28)43-19-20-8-7-12-37(20)3/h5-6,9-10,20-21H,1,7-8,11-19H2,3-4H3/t20-,21-/m0/s1. The lowest BCUT2D eigenvalue weighted by Crippen LogP contribution is -2.56. The molecular formula is C30H36F3N7O3. The fourth-order valence-corrected chi connectivity index (χ4v) is 6.24. The highest BCUT2D eigenvalue weighted by Crippen LogP contribution is 2.44. The molecule has 10 nitrogen and oxygen atoms in total. The maximum Gasteiger partial charge on any atom is 0.421 e. The number of alkyl halides is 3. The Bertz CT molecular complexity index is 1400. The monoisotopic (exact) mass is 599 g/mol. The van der Waals surface area contributed by atoms with Gasteiger partial charge in [0.15, 0.2) is 0 Å². The number of rotatable bonds is 8. The van der Waals surface area contributed by atoms with Crippen LogP contribution < -0.4 is 19.3 Å². The zero-order valence-corrected chi connectivity index (χ0v) is 24.4. The second kappa shape index (κ2) is 12.7. The van der Waals surface area contributed by atoms with Gasteiger partial charge in [0.2, 0.25) is 12.5 Å². The number of aromatic nitrogens is 2. The third kappa shape index (κ3) is 6.34. The molecule has 230 valence electrons. The number of halogens is 3. The summed E-state index contributed by atoms with van der Waals surface area (Å²) in [7, 11) is 3.28. The maximum absolute atomic E-state index is 14.2. The van der Waals surface area contributed by atoms with Crippen LogP contribution in [-0.2, 0) is 23.9 Å². The number of fused-ring (bicyclic) bond motifs is 1. The van der Waals surface area contributed by atoms with Crippen molar-refractivity contribution in [1.29, 1.82) is 0 Å². The number of anilines is 2. The fraction of sp³-hybridized carbons (Fsp3) is 0.533. The first-order valence-electron chi connectivity index (χ1n) is 14.4. The molecule has 0 unspecified atom stereocenters. The number of benzene rings is 1. The molecule has 2 atom stereocenters. The Labute approximate surface area is 249 Å². The molecule has 0 spiro atoms. The number of amides is 1. The van der Waals surface area contributed by atoms with Crippen molar-refractivity contribution in [3.8, 4) is 11.8 Å². The Morgan fingerprint density at radius 1 is 1.19 bits per heavy atom. The van der Waals surface area contributed by atoms with E-state index in [1.165, 1.54) is 25.3 Å². The molecule has 3 aliphatic rings. The molecule has 2 saturated heterocycles. The highest BCUT2D eigenvalue weighted by atomic mass is 19.4. The summed E-state index contributed by atoms with van der Waals surface area (Å²) in [6.45, 7) is 14.2. The molecule has 1 aromatic carbocycles. The number of carbonyl (C=O) groups excluding carboxylic acids is 1. The molecular weight excluding hydrogens is 563 g/mol. The Morgan fingerprint density at radius 2 is 2.00 bits per heavy atom. The smallest absolute Gasteiger partial charge is 0.421 e. The lowest BCUT2D eigenvalue weighted by Gasteiger charge is -2.41. The van der Waals surface area contributed by atoms with E-state index in [-0.39, 0.29) is 48.5 Å². The minimum Gasteiger partial charge on any atom is -0.496 e. The molecule has 0 radical (unpaired) electrons. The maximum atomic E-state index is 14.2. The number of hydrogen-bond donors (Lipinski definition) is 0. The number of likely N-dealkylation sites (tertiary alicyclic amines) is 1. The summed E-state index contributed by atoms with van der Waals surface area (Å²) in [6.07, 6.45) is -0.873. The van der Waals surface area contributed by atoms with Crippen molar-refractivity contribution in [2.45, 2.75) is 44.1 Å². The van der Waals surface area contributed by atoms with Gasteiger partial charge in [0.1, 0.15) is 29.8 Å². The van der Waals surface area contributed by atoms with E-state index in [0.717, 1.165) is 24.9 Å². The largest absolute Gasteiger partial charge is 0.496 e. The molecule has 2 fully saturated rings. The minimum absolute atomic E-state index is 0.0291. The van der Waals surface area contributed by atoms with Crippen molar-refractivity contribution in [3.63, 3.8) is 0 Å². The molecule has 4 heterocycles. The summed E-state index contributed by atoms with van der Waals surface area (Å²) in [5, 5.41) is 0. The predicted octanol–water partition coefficient (Wildman–Crippen LogP) is 3.66. The summed E-state index contributed by atoms with van der Waals surface area (Å²) in [5.74, 6) is 0.181. The molecule has 5 rings (SSSR count). The third-order valence-electron chi connectivity index (χ3n) is 8.49. The van der Waals surface area contributed by atoms with Crippen LogP contribution in [0.1, 0.15) is 29.7 Å². The minimum atomic E-state index is -4.61. The summed E-state index contributed by atoms with van der Waals surface area (Å²) in [4.78, 5) is 33.2. The average Bonchev–Trinajstić information content (AvgIpc) is 3.42. The van der Waals surface area contributed by atoms with Gasteiger partial charge < -0.3 is 33.9 Å². The van der Waals surface area contributed by atoms with Gasteiger partial charge in [-0.15, -0.1) is 0 Å². The van der Waals surface area contributed by atoms with E-state index < -0.39 is 11.7 Å². The van der Waals surface area contributed by atoms with E-state index in [1.54, 1.807) is 15.9 Å². The number of piperazine rings is 1. The Hall–Kier alpha value is -4.05. The lowest BCUT2D eigenvalue weighted by atomic mass is 10.0. The second-order valence-corrected chi connectivity index (χ2v) is 11.0. The van der Waals surface area contributed by atoms with Crippen molar-refractivity contribution in [3.05, 3.63) is 59.1 Å². The first-order chi connectivity index (χ1) is 20.6. The van der Waals surface area contributed by atoms with Crippen LogP contribution >= 0.6 is 0 Å². The number of methoxy groups -OCH3 is 1. The van der Waals surface area contributed by atoms with Crippen LogP contribution in [0.4, 0.5) is 24.7 Å². The van der Waals surface area contributed by atoms with Gasteiger partial charge >= 0.3 is 12.2 Å². The fourth-order valence-electron chi connectivity index (χ4n) is 6.24. The first kappa shape index (κ1) is 30.4. The van der Waals surface area contributed by atoms with Gasteiger partial charge in [0.05, 0.1) is 25.0 Å². The Morgan fingerprint density at radius 3 is 2.67 bits per heavy atom. The highest BCUT2D eigenvalue weighted by molar-refractivity contribution is 5.87. The van der Waals surface area contributed by atoms with Crippen LogP contribution in [-0.4, -0.2) is 97.8 Å². The Kier molecular flexibility index (Phi) is 8.96. The van der Waals surface area contributed by atoms with Crippen molar-refractivity contribution in [1.82, 2.24) is 19.8 Å². The molecule has 13 heteroatoms. The van der Waals surface area contributed by atoms with Crippen LogP contribution in [0.15, 0.2) is 30.9 Å². The van der Waals surface area contributed by atoms with Crippen molar-refractivity contribution >= 4 is 17.4 Å². The SMILES string of the molecule is [C-]#[N+]C[C@H]1CN(c2nc(OC[C@@H]3CCCN3C)nc3c2CCN(c2cccc(OC)c2C(F)(F)F)C3)CCN1C(=O)C=C. The van der Waals surface area contributed by atoms with Crippen LogP contribution in [0, 0.1) is 6.57 Å². The number of carbonyl (C=O) groups is 1. The van der Waals surface area contributed by atoms with Gasteiger partial charge in [-0.25, -0.2) is 6.57 Å². The quantitative estimate of drug-likeness (QED) is 0.336. The second-order valence-electron chi connectivity index (χ2n) is 11.0. The van der Waals surface area contributed by atoms with E-state index in [1.807, 2.05) is 11.9 Å². The summed E-state index contributed by atoms with van der Waals surface area (Å²) < 4.78 is 53.8. The molecule has 1 amide bonds. The zero-order chi connectivity index (χ0) is 30.7. The van der Waals surface area contributed by atoms with Gasteiger partial charge in [-0.3, -0.25) is 4.79 Å². The summed E-state index contributed by atoms with van der Waals surface area (Å²) >= 11 is 0. The zero-order valence-electron chi connectivity index (χ0n) is 24.4. The van der Waals surface area contributed by atoms with E-state index in [9.17, 15) is 18.0 Å². The van der Waals surface area contributed by atoms with Crippen LogP contribution in [0.5, 0.6) is 11.8 Å². The summed E-state index contributed by atoms with van der Waals surface area (Å²) in [5.41, 5.74) is 0.638. The van der Waals surface area contributed by atoms with Gasteiger partial charge in [-0.2, -0.15) is 23.1 Å². The topological polar surface area (TPSA) is 78.6 Å². The molecule has 2 aromatic rings. The van der Waals surface area contributed by atoms with E-state index in [2.05, 4.69) is 16.3 Å². The van der Waals surface area contributed by atoms with E-state index in [4.69, 9.17) is 26.0 Å². The third-order valence-corrected chi connectivity index (χ3v) is 8.49. The molecule has 1 aromatic heterocycles. The van der Waals surface area contributed by atoms with Crippen molar-refractivity contribution in [2.24, 2.45) is 0 Å². The number of likely N-dealkylation sites (N-methyl/N-ethyl adjacent to an activating group) is 1. The van der Waals surface area contributed by atoms with Crippen molar-refractivity contribution in [2.75, 3.05) is 69.8 Å². The molecule has 0 N–H and O–H groups in total. The lowest BCUT2D eigenvalue weighted by molar-refractivity contribution is -0.138. The van der Waals surface area contributed by atoms with Crippen molar-refractivity contribution < 1.29 is 27.4 Å². The van der Waals surface area contributed by atoms with Crippen LogP contribution in [0.3, 0.4) is 0 Å². The molecule has 43 heavy (non-hydrogen) atoms. The normalized spacial score (nSPS) is 20.9. The van der Waals surface area contributed by atoms with Gasteiger partial charge in [0.25, 0.3) is 0 Å². The van der Waals surface area contributed by atoms with Gasteiger partial charge in [-0.05, 0) is 51.1 Å². The first-order valence-corrected chi connectivity index (χ1v) is 14.4. The van der Waals surface area contributed by atoms with Crippen LogP contribution in [0.25, 0.3) is 4.85 Å². The van der Waals surface area contributed by atoms with E-state index in [0.29, 0.717) is 50.7 Å². The highest BCUT2D eigenvalue weighted by Gasteiger charge is 2.40. The summed E-state index contributed by atoms with van der Waals surface area (Å²) in [6, 6.07) is 4.36. The van der Waals surface area contributed by atoms with Gasteiger partial charge in [0, 0.05) is 37.8 Å². The molecule has 0 aliphatic carbocycles. The molecule has 0 bridgehead atoms. The number of nitrogens with zero attached hydrogens (tertiary/aromatic N) is 7. The van der Waals surface area contributed by atoms with E-state index >= 15 is 0 Å². The average molecular weight is 600 g/mol. The number of ether oxygens (including phenoxy) is 2. The van der Waals surface area contributed by atoms with Crippen LogP contribution in [0.2, 0.25) is 0 Å². The van der Waals surface area contributed by atoms with Gasteiger partial charge in [-0.1, -0.05) is 12.6 Å². The molecule has 3 aliphatic heterocycles. The Balaban J connectivity index is 1.50. The number of hydrogen-bond acceptors (Lipinski definition) is 8. The predicted molar refractivity (Wildman–Crippen MR) is 155 cm³/mol. The molecule has 0 saturated carbocycles.